The normalized spacial score (nSPS) is 28.2. The number of rotatable bonds is 0. The SMILES string of the molecule is OC1Sc2ccccc2SC1O. The van der Waals surface area contributed by atoms with Gasteiger partial charge in [-0.15, -0.1) is 0 Å². The van der Waals surface area contributed by atoms with Gasteiger partial charge in [-0.1, -0.05) is 35.7 Å². The lowest BCUT2D eigenvalue weighted by Crippen LogP contribution is -2.21. The Morgan fingerprint density at radius 1 is 0.917 bits per heavy atom. The van der Waals surface area contributed by atoms with Crippen LogP contribution < -0.4 is 0 Å². The molecule has 0 spiro atoms. The molecule has 1 aromatic carbocycles. The van der Waals surface area contributed by atoms with Crippen LogP contribution in [0.2, 0.25) is 0 Å². The first kappa shape index (κ1) is 8.44. The number of hydrogen-bond acceptors (Lipinski definition) is 4. The minimum absolute atomic E-state index is 0.704. The van der Waals surface area contributed by atoms with E-state index in [1.54, 1.807) is 0 Å². The van der Waals surface area contributed by atoms with Gasteiger partial charge in [0, 0.05) is 9.79 Å². The fraction of sp³-hybridized carbons (Fsp3) is 0.250. The van der Waals surface area contributed by atoms with Gasteiger partial charge < -0.3 is 10.2 Å². The number of thioether (sulfide) groups is 2. The summed E-state index contributed by atoms with van der Waals surface area (Å²) in [6.45, 7) is 0. The van der Waals surface area contributed by atoms with E-state index >= 15 is 0 Å². The van der Waals surface area contributed by atoms with Crippen molar-refractivity contribution in [3.8, 4) is 0 Å². The van der Waals surface area contributed by atoms with Crippen molar-refractivity contribution >= 4 is 23.5 Å². The molecule has 2 N–H and O–H groups in total. The van der Waals surface area contributed by atoms with Crippen LogP contribution in [0, 0.1) is 0 Å². The fourth-order valence-corrected chi connectivity index (χ4v) is 3.08. The van der Waals surface area contributed by atoms with Gasteiger partial charge in [0.25, 0.3) is 0 Å². The van der Waals surface area contributed by atoms with Gasteiger partial charge in [0.15, 0.2) is 0 Å². The van der Waals surface area contributed by atoms with Gasteiger partial charge in [0.2, 0.25) is 0 Å². The van der Waals surface area contributed by atoms with Crippen LogP contribution >= 0.6 is 23.5 Å². The molecule has 2 unspecified atom stereocenters. The molecule has 1 aliphatic rings. The van der Waals surface area contributed by atoms with Crippen molar-refractivity contribution in [3.05, 3.63) is 24.3 Å². The van der Waals surface area contributed by atoms with E-state index in [0.29, 0.717) is 0 Å². The van der Waals surface area contributed by atoms with E-state index in [-0.39, 0.29) is 0 Å². The zero-order valence-electron chi connectivity index (χ0n) is 6.18. The van der Waals surface area contributed by atoms with Crippen molar-refractivity contribution in [2.75, 3.05) is 0 Å². The zero-order valence-corrected chi connectivity index (χ0v) is 7.81. The molecule has 1 aromatic rings. The quantitative estimate of drug-likeness (QED) is 0.666. The molecule has 2 rings (SSSR count). The topological polar surface area (TPSA) is 40.5 Å². The number of fused-ring (bicyclic) bond motifs is 1. The molecule has 0 amide bonds. The zero-order chi connectivity index (χ0) is 8.55. The first-order valence-electron chi connectivity index (χ1n) is 3.56. The van der Waals surface area contributed by atoms with E-state index < -0.39 is 10.9 Å². The monoisotopic (exact) mass is 200 g/mol. The second kappa shape index (κ2) is 3.30. The summed E-state index contributed by atoms with van der Waals surface area (Å²) >= 11 is 2.61. The molecule has 1 aliphatic heterocycles. The molecule has 0 saturated carbocycles. The van der Waals surface area contributed by atoms with Crippen LogP contribution in [-0.2, 0) is 0 Å². The average molecular weight is 200 g/mol. The molecule has 64 valence electrons. The molecule has 2 nitrogen and oxygen atoms in total. The maximum Gasteiger partial charge on any atom is 0.139 e. The van der Waals surface area contributed by atoms with Crippen molar-refractivity contribution in [2.24, 2.45) is 0 Å². The highest BCUT2D eigenvalue weighted by Gasteiger charge is 2.25. The summed E-state index contributed by atoms with van der Waals surface area (Å²) in [5.74, 6) is 0. The van der Waals surface area contributed by atoms with Crippen molar-refractivity contribution in [1.29, 1.82) is 0 Å². The van der Waals surface area contributed by atoms with E-state index in [1.807, 2.05) is 24.3 Å². The lowest BCUT2D eigenvalue weighted by atomic mass is 10.4. The van der Waals surface area contributed by atoms with Gasteiger partial charge in [0.05, 0.1) is 0 Å². The maximum atomic E-state index is 9.32. The van der Waals surface area contributed by atoms with E-state index in [9.17, 15) is 10.2 Å². The Bertz CT molecular complexity index is 261. The molecular weight excluding hydrogens is 192 g/mol. The lowest BCUT2D eigenvalue weighted by Gasteiger charge is -2.23. The van der Waals surface area contributed by atoms with E-state index in [2.05, 4.69) is 0 Å². The summed E-state index contributed by atoms with van der Waals surface area (Å²) in [7, 11) is 0. The highest BCUT2D eigenvalue weighted by atomic mass is 32.2. The third kappa shape index (κ3) is 1.47. The molecule has 0 radical (unpaired) electrons. The minimum Gasteiger partial charge on any atom is -0.378 e. The second-order valence-electron chi connectivity index (χ2n) is 2.46. The van der Waals surface area contributed by atoms with Gasteiger partial charge in [0.1, 0.15) is 10.9 Å². The van der Waals surface area contributed by atoms with Gasteiger partial charge >= 0.3 is 0 Å². The largest absolute Gasteiger partial charge is 0.378 e. The van der Waals surface area contributed by atoms with E-state index in [1.165, 1.54) is 23.5 Å². The predicted molar refractivity (Wildman–Crippen MR) is 50.2 cm³/mol. The van der Waals surface area contributed by atoms with Crippen LogP contribution in [0.15, 0.2) is 34.1 Å². The molecule has 0 bridgehead atoms. The third-order valence-corrected chi connectivity index (χ3v) is 4.11. The number of benzene rings is 1. The Morgan fingerprint density at radius 3 is 1.75 bits per heavy atom. The summed E-state index contributed by atoms with van der Waals surface area (Å²) in [4.78, 5) is 2.08. The van der Waals surface area contributed by atoms with Crippen LogP contribution in [0.5, 0.6) is 0 Å². The maximum absolute atomic E-state index is 9.32. The Morgan fingerprint density at radius 2 is 1.33 bits per heavy atom. The lowest BCUT2D eigenvalue weighted by molar-refractivity contribution is 0.134. The summed E-state index contributed by atoms with van der Waals surface area (Å²) in [6.07, 6.45) is 0. The van der Waals surface area contributed by atoms with Crippen molar-refractivity contribution in [2.45, 2.75) is 20.7 Å². The Kier molecular flexibility index (Phi) is 2.32. The summed E-state index contributed by atoms with van der Waals surface area (Å²) in [6, 6.07) is 7.75. The number of hydrogen-bond donors (Lipinski definition) is 2. The fourth-order valence-electron chi connectivity index (χ4n) is 1.02. The molecule has 0 saturated heterocycles. The van der Waals surface area contributed by atoms with Gasteiger partial charge in [-0.3, -0.25) is 0 Å². The van der Waals surface area contributed by atoms with Gasteiger partial charge in [-0.25, -0.2) is 0 Å². The van der Waals surface area contributed by atoms with Crippen molar-refractivity contribution in [3.63, 3.8) is 0 Å². The van der Waals surface area contributed by atoms with Crippen LogP contribution in [0.25, 0.3) is 0 Å². The standard InChI is InChI=1S/C8H8O2S2/c9-7-8(10)12-6-4-2-1-3-5(6)11-7/h1-4,7-10H. The molecule has 0 fully saturated rings. The molecule has 4 heteroatoms. The summed E-state index contributed by atoms with van der Waals surface area (Å²) in [5.41, 5.74) is -1.41. The Hall–Kier alpha value is -0.160. The van der Waals surface area contributed by atoms with Gasteiger partial charge in [-0.05, 0) is 12.1 Å². The van der Waals surface area contributed by atoms with Crippen LogP contribution in [-0.4, -0.2) is 21.1 Å². The molecule has 0 aliphatic carbocycles. The average Bonchev–Trinajstić information content (AvgIpc) is 2.07. The van der Waals surface area contributed by atoms with Crippen LogP contribution in [0.3, 0.4) is 0 Å². The Balaban J connectivity index is 2.34. The number of aliphatic hydroxyl groups is 2. The van der Waals surface area contributed by atoms with Crippen molar-refractivity contribution < 1.29 is 10.2 Å². The highest BCUT2D eigenvalue weighted by Crippen LogP contribution is 2.42. The smallest absolute Gasteiger partial charge is 0.139 e. The molecule has 0 aromatic heterocycles. The van der Waals surface area contributed by atoms with Crippen LogP contribution in [0.4, 0.5) is 0 Å². The predicted octanol–water partition coefficient (Wildman–Crippen LogP) is 1.52. The first-order valence-corrected chi connectivity index (χ1v) is 5.32. The second-order valence-corrected chi connectivity index (χ2v) is 4.78. The molecule has 2 atom stereocenters. The highest BCUT2D eigenvalue weighted by molar-refractivity contribution is 8.06. The summed E-state index contributed by atoms with van der Waals surface area (Å²) < 4.78 is 0. The number of aliphatic hydroxyl groups excluding tert-OH is 2. The minimum atomic E-state index is -0.704. The Labute approximate surface area is 79.0 Å². The van der Waals surface area contributed by atoms with E-state index in [0.717, 1.165) is 9.79 Å². The molecule has 12 heavy (non-hydrogen) atoms. The molecular formula is C8H8O2S2. The van der Waals surface area contributed by atoms with Gasteiger partial charge in [-0.2, -0.15) is 0 Å². The van der Waals surface area contributed by atoms with Crippen LogP contribution in [0.1, 0.15) is 0 Å². The first-order chi connectivity index (χ1) is 5.77. The third-order valence-electron chi connectivity index (χ3n) is 1.59. The molecule has 1 heterocycles. The van der Waals surface area contributed by atoms with E-state index in [4.69, 9.17) is 0 Å². The summed E-state index contributed by atoms with van der Waals surface area (Å²) in [5, 5.41) is 18.6. The van der Waals surface area contributed by atoms with Crippen molar-refractivity contribution in [1.82, 2.24) is 0 Å².